The maximum absolute atomic E-state index is 11.9. The molecule has 0 atom stereocenters. The summed E-state index contributed by atoms with van der Waals surface area (Å²) in [4.78, 5) is 16.1. The van der Waals surface area contributed by atoms with Crippen LogP contribution in [0, 0.1) is 11.3 Å². The van der Waals surface area contributed by atoms with Crippen molar-refractivity contribution in [2.75, 3.05) is 13.6 Å². The Morgan fingerprint density at radius 3 is 2.27 bits per heavy atom. The van der Waals surface area contributed by atoms with Gasteiger partial charge in [0, 0.05) is 20.1 Å². The zero-order valence-corrected chi connectivity index (χ0v) is 16.4. The van der Waals surface area contributed by atoms with Crippen molar-refractivity contribution in [1.82, 2.24) is 16.0 Å². The monoisotopic (exact) mass is 359 g/mol. The first kappa shape index (κ1) is 21.3. The lowest BCUT2D eigenvalue weighted by molar-refractivity contribution is 0.0474. The smallest absolute Gasteiger partial charge is 0.408 e. The van der Waals surface area contributed by atoms with E-state index in [0.29, 0.717) is 24.6 Å². The van der Waals surface area contributed by atoms with Crippen molar-refractivity contribution >= 4 is 12.1 Å². The Balaban J connectivity index is 2.49. The maximum atomic E-state index is 11.9. The first-order valence-corrected chi connectivity index (χ1v) is 8.49. The highest BCUT2D eigenvalue weighted by Crippen LogP contribution is 2.09. The molecule has 0 bridgehead atoms. The summed E-state index contributed by atoms with van der Waals surface area (Å²) in [5.74, 6) is 0.619. The van der Waals surface area contributed by atoms with Gasteiger partial charge in [-0.3, -0.25) is 4.99 Å². The highest BCUT2D eigenvalue weighted by atomic mass is 16.6. The van der Waals surface area contributed by atoms with Crippen LogP contribution in [-0.2, 0) is 11.3 Å². The van der Waals surface area contributed by atoms with Crippen LogP contribution in [0.2, 0.25) is 0 Å². The molecule has 142 valence electrons. The fourth-order valence-corrected chi connectivity index (χ4v) is 2.03. The first-order valence-electron chi connectivity index (χ1n) is 8.49. The Bertz CT molecular complexity index is 667. The lowest BCUT2D eigenvalue weighted by Gasteiger charge is -2.29. The van der Waals surface area contributed by atoms with Gasteiger partial charge < -0.3 is 20.7 Å². The number of guanidine groups is 1. The summed E-state index contributed by atoms with van der Waals surface area (Å²) < 4.78 is 5.28. The number of ether oxygens (including phenoxy) is 1. The van der Waals surface area contributed by atoms with E-state index in [4.69, 9.17) is 10.00 Å². The quantitative estimate of drug-likeness (QED) is 0.554. The zero-order chi connectivity index (χ0) is 19.8. The summed E-state index contributed by atoms with van der Waals surface area (Å²) in [6.07, 6.45) is -0.454. The average Bonchev–Trinajstić information content (AvgIpc) is 2.53. The van der Waals surface area contributed by atoms with Gasteiger partial charge in [0.25, 0.3) is 0 Å². The molecule has 0 heterocycles. The van der Waals surface area contributed by atoms with Crippen LogP contribution in [0.3, 0.4) is 0 Å². The van der Waals surface area contributed by atoms with E-state index in [0.717, 1.165) is 5.56 Å². The number of alkyl carbamates (subject to hydrolysis) is 1. The molecule has 0 aromatic heterocycles. The third-order valence-electron chi connectivity index (χ3n) is 3.30. The fourth-order valence-electron chi connectivity index (χ4n) is 2.03. The zero-order valence-electron chi connectivity index (χ0n) is 16.4. The van der Waals surface area contributed by atoms with E-state index in [1.165, 1.54) is 0 Å². The van der Waals surface area contributed by atoms with E-state index in [9.17, 15) is 4.79 Å². The lowest BCUT2D eigenvalue weighted by atomic mass is 10.1. The molecule has 3 N–H and O–H groups in total. The van der Waals surface area contributed by atoms with Gasteiger partial charge in [-0.15, -0.1) is 0 Å². The Morgan fingerprint density at radius 1 is 1.15 bits per heavy atom. The van der Waals surface area contributed by atoms with Crippen molar-refractivity contribution in [3.8, 4) is 6.07 Å². The summed E-state index contributed by atoms with van der Waals surface area (Å²) in [6.45, 7) is 10.3. The molecule has 26 heavy (non-hydrogen) atoms. The molecule has 0 spiro atoms. The maximum Gasteiger partial charge on any atom is 0.408 e. The molecule has 0 radical (unpaired) electrons. The number of carbonyl (C=O) groups is 1. The molecule has 0 aliphatic rings. The Kier molecular flexibility index (Phi) is 7.44. The lowest BCUT2D eigenvalue weighted by Crippen LogP contribution is -2.54. The predicted octanol–water partition coefficient (Wildman–Crippen LogP) is 2.53. The number of aliphatic imine (C=N–C) groups is 1. The molecule has 1 aromatic rings. The molecule has 0 fully saturated rings. The van der Waals surface area contributed by atoms with Gasteiger partial charge in [0.15, 0.2) is 5.96 Å². The van der Waals surface area contributed by atoms with Crippen LogP contribution in [0.4, 0.5) is 4.79 Å². The van der Waals surface area contributed by atoms with Gasteiger partial charge in [-0.1, -0.05) is 12.1 Å². The van der Waals surface area contributed by atoms with Crippen molar-refractivity contribution in [1.29, 1.82) is 5.26 Å². The SMILES string of the molecule is CN=C(NCc1ccc(C#N)cc1)NCC(C)(C)NC(=O)OC(C)(C)C. The molecule has 1 rings (SSSR count). The largest absolute Gasteiger partial charge is 0.444 e. The predicted molar refractivity (Wildman–Crippen MR) is 103 cm³/mol. The fraction of sp³-hybridized carbons (Fsp3) is 0.526. The summed E-state index contributed by atoms with van der Waals surface area (Å²) in [7, 11) is 1.68. The summed E-state index contributed by atoms with van der Waals surface area (Å²) in [6, 6.07) is 9.44. The highest BCUT2D eigenvalue weighted by Gasteiger charge is 2.24. The van der Waals surface area contributed by atoms with E-state index in [-0.39, 0.29) is 0 Å². The van der Waals surface area contributed by atoms with Crippen molar-refractivity contribution in [3.63, 3.8) is 0 Å². The van der Waals surface area contributed by atoms with E-state index in [1.807, 2.05) is 46.8 Å². The summed E-state index contributed by atoms with van der Waals surface area (Å²) in [5.41, 5.74) is 0.616. The number of hydrogen-bond acceptors (Lipinski definition) is 4. The van der Waals surface area contributed by atoms with Gasteiger partial charge in [0.05, 0.1) is 17.2 Å². The van der Waals surface area contributed by atoms with Gasteiger partial charge >= 0.3 is 6.09 Å². The molecule has 0 saturated carbocycles. The van der Waals surface area contributed by atoms with Gasteiger partial charge in [0.1, 0.15) is 5.60 Å². The van der Waals surface area contributed by atoms with Gasteiger partial charge in [-0.25, -0.2) is 4.79 Å². The van der Waals surface area contributed by atoms with E-state index in [1.54, 1.807) is 19.2 Å². The normalized spacial score (nSPS) is 12.1. The minimum atomic E-state index is -0.535. The van der Waals surface area contributed by atoms with Crippen LogP contribution in [0.5, 0.6) is 0 Å². The van der Waals surface area contributed by atoms with E-state index in [2.05, 4.69) is 27.0 Å². The second-order valence-corrected chi connectivity index (χ2v) is 7.60. The Labute approximate surface area is 155 Å². The van der Waals surface area contributed by atoms with Crippen LogP contribution in [0.15, 0.2) is 29.3 Å². The number of nitrogens with zero attached hydrogens (tertiary/aromatic N) is 2. The molecule has 1 amide bonds. The van der Waals surface area contributed by atoms with Gasteiger partial charge in [-0.2, -0.15) is 5.26 Å². The Morgan fingerprint density at radius 2 is 1.77 bits per heavy atom. The third-order valence-corrected chi connectivity index (χ3v) is 3.30. The molecule has 0 unspecified atom stereocenters. The van der Waals surface area contributed by atoms with Crippen molar-refractivity contribution < 1.29 is 9.53 Å². The van der Waals surface area contributed by atoms with Gasteiger partial charge in [-0.05, 0) is 52.3 Å². The molecule has 7 heteroatoms. The van der Waals surface area contributed by atoms with Crippen LogP contribution in [-0.4, -0.2) is 36.8 Å². The first-order chi connectivity index (χ1) is 12.0. The van der Waals surface area contributed by atoms with Crippen molar-refractivity contribution in [2.24, 2.45) is 4.99 Å². The molecule has 0 saturated heterocycles. The van der Waals surface area contributed by atoms with Crippen LogP contribution >= 0.6 is 0 Å². The number of hydrogen-bond donors (Lipinski definition) is 3. The van der Waals surface area contributed by atoms with Crippen LogP contribution in [0.25, 0.3) is 0 Å². The van der Waals surface area contributed by atoms with Crippen molar-refractivity contribution in [3.05, 3.63) is 35.4 Å². The minimum Gasteiger partial charge on any atom is -0.444 e. The second kappa shape index (κ2) is 9.09. The van der Waals surface area contributed by atoms with E-state index < -0.39 is 17.2 Å². The highest BCUT2D eigenvalue weighted by molar-refractivity contribution is 5.79. The Hall–Kier alpha value is -2.75. The topological polar surface area (TPSA) is 98.5 Å². The number of benzene rings is 1. The molecule has 7 nitrogen and oxygen atoms in total. The third kappa shape index (κ3) is 8.38. The summed E-state index contributed by atoms with van der Waals surface area (Å²) in [5, 5.41) is 18.0. The number of amides is 1. The van der Waals surface area contributed by atoms with Gasteiger partial charge in [0.2, 0.25) is 0 Å². The van der Waals surface area contributed by atoms with Crippen LogP contribution in [0.1, 0.15) is 45.7 Å². The molecule has 0 aliphatic heterocycles. The summed E-state index contributed by atoms with van der Waals surface area (Å²) >= 11 is 0. The molecule has 1 aromatic carbocycles. The van der Waals surface area contributed by atoms with E-state index >= 15 is 0 Å². The molecule has 0 aliphatic carbocycles. The molecular weight excluding hydrogens is 330 g/mol. The second-order valence-electron chi connectivity index (χ2n) is 7.60. The standard InChI is InChI=1S/C19H29N5O2/c1-18(2,3)26-17(25)24-19(4,5)13-23-16(21-6)22-12-15-9-7-14(11-20)8-10-15/h7-10H,12-13H2,1-6H3,(H,24,25)(H2,21,22,23). The number of nitriles is 1. The molecular formula is C19H29N5O2. The average molecular weight is 359 g/mol. The number of carbonyl (C=O) groups excluding carboxylic acids is 1. The number of rotatable bonds is 5. The van der Waals surface area contributed by atoms with Crippen LogP contribution < -0.4 is 16.0 Å². The van der Waals surface area contributed by atoms with Crippen molar-refractivity contribution in [2.45, 2.75) is 52.3 Å². The number of nitrogens with one attached hydrogen (secondary N) is 3. The minimum absolute atomic E-state index is 0.454.